The molecule has 1 N–H and O–H groups in total. The van der Waals surface area contributed by atoms with Crippen molar-refractivity contribution < 1.29 is 23.6 Å². The number of amides is 1. The van der Waals surface area contributed by atoms with E-state index in [4.69, 9.17) is 14.0 Å². The number of esters is 1. The van der Waals surface area contributed by atoms with Crippen LogP contribution >= 0.6 is 0 Å². The van der Waals surface area contributed by atoms with Crippen LogP contribution in [0.4, 0.5) is 10.5 Å². The second kappa shape index (κ2) is 11.1. The number of carbonyl (C=O) groups excluding carboxylic acids is 2. The lowest BCUT2D eigenvalue weighted by molar-refractivity contribution is 0.0600. The molecule has 1 aromatic heterocycles. The van der Waals surface area contributed by atoms with Crippen molar-refractivity contribution in [2.24, 2.45) is 0 Å². The normalized spacial score (nSPS) is 11.1. The van der Waals surface area contributed by atoms with Crippen LogP contribution in [0.15, 0.2) is 83.4 Å². The van der Waals surface area contributed by atoms with Gasteiger partial charge in [-0.2, -0.15) is 0 Å². The predicted molar refractivity (Wildman–Crippen MR) is 135 cm³/mol. The van der Waals surface area contributed by atoms with Crippen molar-refractivity contribution in [1.82, 2.24) is 5.16 Å². The Morgan fingerprint density at radius 1 is 0.944 bits per heavy atom. The van der Waals surface area contributed by atoms with E-state index in [1.807, 2.05) is 60.7 Å². The summed E-state index contributed by atoms with van der Waals surface area (Å²) in [5.74, 6) is 6.04. The molecule has 1 amide bonds. The number of anilines is 1. The van der Waals surface area contributed by atoms with Crippen LogP contribution in [0, 0.1) is 18.8 Å². The fourth-order valence-electron chi connectivity index (χ4n) is 3.52. The molecule has 4 aromatic rings. The molecule has 7 nitrogen and oxygen atoms in total. The Kier molecular flexibility index (Phi) is 7.47. The molecular weight excluding hydrogens is 456 g/mol. The molecule has 0 bridgehead atoms. The first-order valence-electron chi connectivity index (χ1n) is 11.2. The van der Waals surface area contributed by atoms with E-state index in [2.05, 4.69) is 22.3 Å². The van der Waals surface area contributed by atoms with Gasteiger partial charge in [0.2, 0.25) is 0 Å². The van der Waals surface area contributed by atoms with Crippen LogP contribution in [0.3, 0.4) is 0 Å². The molecule has 7 heteroatoms. The summed E-state index contributed by atoms with van der Waals surface area (Å²) in [6.07, 6.45) is -1.03. The lowest BCUT2D eigenvalue weighted by Gasteiger charge is -2.14. The van der Waals surface area contributed by atoms with Crippen LogP contribution < -0.4 is 5.32 Å². The maximum atomic E-state index is 12.5. The van der Waals surface area contributed by atoms with Crippen molar-refractivity contribution in [3.8, 4) is 23.2 Å². The molecule has 3 aromatic carbocycles. The van der Waals surface area contributed by atoms with Gasteiger partial charge in [-0.15, -0.1) is 0 Å². The number of rotatable bonds is 5. The minimum absolute atomic E-state index is 0.408. The van der Waals surface area contributed by atoms with Crippen molar-refractivity contribution in [3.63, 3.8) is 0 Å². The number of aryl methyl sites for hydroxylation is 1. The number of nitrogens with one attached hydrogen (secondary N) is 1. The number of hydrogen-bond acceptors (Lipinski definition) is 6. The standard InChI is InChI=1S/C29H24N2O5/c1-19-26(30-29(33)35-20(2)22-9-5-4-6-10-22)27(36-31-19)24-17-14-21(15-18-24)13-16-23-11-7-8-12-25(23)28(32)34-3/h4-12,14-15,17-18,20H,1-3H3,(H,30,33)/t20-/m1/s1. The molecule has 1 heterocycles. The van der Waals surface area contributed by atoms with Gasteiger partial charge >= 0.3 is 12.1 Å². The van der Waals surface area contributed by atoms with Gasteiger partial charge in [0.1, 0.15) is 17.5 Å². The summed E-state index contributed by atoms with van der Waals surface area (Å²) in [5, 5.41) is 6.75. The predicted octanol–water partition coefficient (Wildman–Crippen LogP) is 6.15. The third-order valence-electron chi connectivity index (χ3n) is 5.46. The third-order valence-corrected chi connectivity index (χ3v) is 5.46. The van der Waals surface area contributed by atoms with Crippen LogP contribution in [0.25, 0.3) is 11.3 Å². The average Bonchev–Trinajstić information content (AvgIpc) is 3.27. The molecule has 0 aliphatic rings. The Hall–Kier alpha value is -4.83. The number of ether oxygens (including phenoxy) is 2. The average molecular weight is 481 g/mol. The highest BCUT2D eigenvalue weighted by atomic mass is 16.6. The SMILES string of the molecule is COC(=O)c1ccccc1C#Cc1ccc(-c2onc(C)c2NC(=O)O[C@H](C)c2ccccc2)cc1. The summed E-state index contributed by atoms with van der Waals surface area (Å²) in [4.78, 5) is 24.5. The molecule has 0 radical (unpaired) electrons. The van der Waals surface area contributed by atoms with Crippen LogP contribution in [0.2, 0.25) is 0 Å². The minimum atomic E-state index is -0.606. The quantitative estimate of drug-likeness (QED) is 0.272. The zero-order valence-electron chi connectivity index (χ0n) is 20.1. The molecule has 0 aliphatic heterocycles. The topological polar surface area (TPSA) is 90.7 Å². The highest BCUT2D eigenvalue weighted by molar-refractivity contribution is 5.92. The summed E-state index contributed by atoms with van der Waals surface area (Å²) in [6.45, 7) is 3.54. The maximum absolute atomic E-state index is 12.5. The van der Waals surface area contributed by atoms with Gasteiger partial charge in [0, 0.05) is 16.7 Å². The second-order valence-electron chi connectivity index (χ2n) is 7.92. The number of hydrogen-bond donors (Lipinski definition) is 1. The van der Waals surface area contributed by atoms with Crippen molar-refractivity contribution in [2.45, 2.75) is 20.0 Å². The third kappa shape index (κ3) is 5.62. The molecule has 1 atom stereocenters. The van der Waals surface area contributed by atoms with Gasteiger partial charge in [-0.25, -0.2) is 9.59 Å². The summed E-state index contributed by atoms with van der Waals surface area (Å²) >= 11 is 0. The van der Waals surface area contributed by atoms with Gasteiger partial charge in [-0.05, 0) is 55.8 Å². The molecular formula is C29H24N2O5. The summed E-state index contributed by atoms with van der Waals surface area (Å²) in [7, 11) is 1.34. The molecule has 0 spiro atoms. The van der Waals surface area contributed by atoms with E-state index in [0.717, 1.165) is 11.1 Å². The highest BCUT2D eigenvalue weighted by Crippen LogP contribution is 2.31. The largest absolute Gasteiger partial charge is 0.465 e. The summed E-state index contributed by atoms with van der Waals surface area (Å²) < 4.78 is 15.8. The lowest BCUT2D eigenvalue weighted by atomic mass is 10.1. The number of methoxy groups -OCH3 is 1. The Morgan fingerprint density at radius 3 is 2.36 bits per heavy atom. The van der Waals surface area contributed by atoms with Crippen LogP contribution in [-0.4, -0.2) is 24.3 Å². The van der Waals surface area contributed by atoms with Gasteiger partial charge in [0.25, 0.3) is 0 Å². The van der Waals surface area contributed by atoms with Crippen LogP contribution in [0.1, 0.15) is 45.8 Å². The number of aromatic nitrogens is 1. The van der Waals surface area contributed by atoms with E-state index in [1.165, 1.54) is 7.11 Å². The van der Waals surface area contributed by atoms with Crippen molar-refractivity contribution in [1.29, 1.82) is 0 Å². The van der Waals surface area contributed by atoms with Gasteiger partial charge in [-0.3, -0.25) is 5.32 Å². The van der Waals surface area contributed by atoms with Gasteiger partial charge < -0.3 is 14.0 Å². The first-order chi connectivity index (χ1) is 17.5. The highest BCUT2D eigenvalue weighted by Gasteiger charge is 2.20. The van der Waals surface area contributed by atoms with Crippen LogP contribution in [0.5, 0.6) is 0 Å². The molecule has 36 heavy (non-hydrogen) atoms. The summed E-state index contributed by atoms with van der Waals surface area (Å²) in [6, 6.07) is 23.8. The lowest BCUT2D eigenvalue weighted by Crippen LogP contribution is -2.16. The molecule has 0 unspecified atom stereocenters. The molecule has 0 saturated carbocycles. The second-order valence-corrected chi connectivity index (χ2v) is 7.92. The van der Waals surface area contributed by atoms with E-state index in [0.29, 0.717) is 33.8 Å². The Labute approximate surface area is 209 Å². The fourth-order valence-corrected chi connectivity index (χ4v) is 3.52. The first-order valence-corrected chi connectivity index (χ1v) is 11.2. The van der Waals surface area contributed by atoms with Crippen molar-refractivity contribution in [2.75, 3.05) is 12.4 Å². The van der Waals surface area contributed by atoms with E-state index >= 15 is 0 Å². The molecule has 4 rings (SSSR count). The van der Waals surface area contributed by atoms with Crippen LogP contribution in [-0.2, 0) is 9.47 Å². The molecule has 180 valence electrons. The van der Waals surface area contributed by atoms with Gasteiger partial charge in [-0.1, -0.05) is 59.5 Å². The zero-order valence-corrected chi connectivity index (χ0v) is 20.1. The number of nitrogens with zero attached hydrogens (tertiary/aromatic N) is 1. The maximum Gasteiger partial charge on any atom is 0.412 e. The van der Waals surface area contributed by atoms with E-state index < -0.39 is 18.2 Å². The van der Waals surface area contributed by atoms with Crippen molar-refractivity contribution >= 4 is 17.7 Å². The number of carbonyl (C=O) groups is 2. The Morgan fingerprint density at radius 2 is 1.64 bits per heavy atom. The first kappa shape index (κ1) is 24.3. The van der Waals surface area contributed by atoms with Gasteiger partial charge in [0.15, 0.2) is 5.76 Å². The summed E-state index contributed by atoms with van der Waals surface area (Å²) in [5.41, 5.74) is 4.28. The smallest absolute Gasteiger partial charge is 0.412 e. The zero-order chi connectivity index (χ0) is 25.5. The molecule has 0 saturated heterocycles. The molecule has 0 fully saturated rings. The van der Waals surface area contributed by atoms with Gasteiger partial charge in [0.05, 0.1) is 12.7 Å². The van der Waals surface area contributed by atoms with E-state index in [1.54, 1.807) is 32.0 Å². The van der Waals surface area contributed by atoms with Crippen molar-refractivity contribution in [3.05, 3.63) is 107 Å². The van der Waals surface area contributed by atoms with E-state index in [-0.39, 0.29) is 0 Å². The Balaban J connectivity index is 1.49. The van der Waals surface area contributed by atoms with E-state index in [9.17, 15) is 9.59 Å². The fraction of sp³-hybridized carbons (Fsp3) is 0.138. The minimum Gasteiger partial charge on any atom is -0.465 e. The Bertz CT molecular complexity index is 1430. The molecule has 0 aliphatic carbocycles. The number of benzene rings is 3. The monoisotopic (exact) mass is 480 g/mol.